The average molecular weight is 353 g/mol. The first kappa shape index (κ1) is 16.8. The lowest BCUT2D eigenvalue weighted by molar-refractivity contribution is 0.0358. The fourth-order valence-electron chi connectivity index (χ4n) is 4.05. The molecule has 0 spiro atoms. The molecule has 0 radical (unpaired) electrons. The van der Waals surface area contributed by atoms with E-state index in [9.17, 15) is 4.79 Å². The van der Waals surface area contributed by atoms with E-state index < -0.39 is 0 Å². The molecule has 4 heterocycles. The molecule has 2 aromatic rings. The highest BCUT2D eigenvalue weighted by Crippen LogP contribution is 2.38. The van der Waals surface area contributed by atoms with E-state index in [1.54, 1.807) is 30.7 Å². The van der Waals surface area contributed by atoms with E-state index in [4.69, 9.17) is 9.47 Å². The van der Waals surface area contributed by atoms with Gasteiger partial charge in [-0.25, -0.2) is 4.98 Å². The monoisotopic (exact) mass is 353 g/mol. The van der Waals surface area contributed by atoms with Gasteiger partial charge in [0.05, 0.1) is 12.2 Å². The van der Waals surface area contributed by atoms with Crippen molar-refractivity contribution in [3.8, 4) is 11.6 Å². The highest BCUT2D eigenvalue weighted by atomic mass is 16.5. The Hall–Kier alpha value is -2.63. The number of hydrogen-bond donors (Lipinski definition) is 0. The van der Waals surface area contributed by atoms with Crippen LogP contribution in [0.25, 0.3) is 0 Å². The molecule has 6 heteroatoms. The van der Waals surface area contributed by atoms with Gasteiger partial charge in [0.25, 0.3) is 5.91 Å². The number of carbonyl (C=O) groups is 1. The molecule has 0 saturated carbocycles. The van der Waals surface area contributed by atoms with Gasteiger partial charge in [-0.2, -0.15) is 0 Å². The number of hydrogen-bond acceptors (Lipinski definition) is 5. The first-order chi connectivity index (χ1) is 12.7. The lowest BCUT2D eigenvalue weighted by Gasteiger charge is -2.39. The summed E-state index contributed by atoms with van der Waals surface area (Å²) in [6, 6.07) is 7.80. The van der Waals surface area contributed by atoms with Gasteiger partial charge in [0.2, 0.25) is 5.88 Å². The summed E-state index contributed by atoms with van der Waals surface area (Å²) in [5.41, 5.74) is 0.624. The Morgan fingerprint density at radius 3 is 2.50 bits per heavy atom. The summed E-state index contributed by atoms with van der Waals surface area (Å²) in [7, 11) is 0. The largest absolute Gasteiger partial charge is 0.490 e. The van der Waals surface area contributed by atoms with Crippen LogP contribution in [0.1, 0.15) is 43.0 Å². The second-order valence-corrected chi connectivity index (χ2v) is 6.81. The lowest BCUT2D eigenvalue weighted by atomic mass is 9.98. The van der Waals surface area contributed by atoms with Gasteiger partial charge >= 0.3 is 0 Å². The molecule has 0 N–H and O–H groups in total. The van der Waals surface area contributed by atoms with Crippen molar-refractivity contribution in [3.05, 3.63) is 48.4 Å². The van der Waals surface area contributed by atoms with E-state index in [-0.39, 0.29) is 24.1 Å². The molecule has 4 rings (SSSR count). The maximum atomic E-state index is 13.0. The molecular formula is C20H23N3O3. The van der Waals surface area contributed by atoms with E-state index >= 15 is 0 Å². The van der Waals surface area contributed by atoms with Gasteiger partial charge in [-0.05, 0) is 38.0 Å². The van der Waals surface area contributed by atoms with Crippen LogP contribution in [0.2, 0.25) is 0 Å². The van der Waals surface area contributed by atoms with Crippen molar-refractivity contribution in [3.63, 3.8) is 0 Å². The van der Waals surface area contributed by atoms with Crippen LogP contribution in [0, 0.1) is 0 Å². The zero-order valence-electron chi connectivity index (χ0n) is 14.9. The third-order valence-corrected chi connectivity index (χ3v) is 5.15. The van der Waals surface area contributed by atoms with Crippen LogP contribution in [-0.4, -0.2) is 45.6 Å². The summed E-state index contributed by atoms with van der Waals surface area (Å²) >= 11 is 0. The Morgan fingerprint density at radius 1 is 1.15 bits per heavy atom. The second-order valence-electron chi connectivity index (χ2n) is 6.81. The molecule has 2 aliphatic heterocycles. The standard InChI is InChI=1S/C20H23N3O3/c1-2-25-19-6-3-14(13-22-19)20(24)23-15-4-5-16(23)12-18(11-15)26-17-7-9-21-10-8-17/h3,6-10,13,15-16,18H,2,4-5,11-12H2,1H3. The summed E-state index contributed by atoms with van der Waals surface area (Å²) in [6.45, 7) is 2.48. The molecular weight excluding hydrogens is 330 g/mol. The summed E-state index contributed by atoms with van der Waals surface area (Å²) in [5, 5.41) is 0. The molecule has 2 bridgehead atoms. The van der Waals surface area contributed by atoms with Crippen molar-refractivity contribution in [2.45, 2.75) is 50.8 Å². The van der Waals surface area contributed by atoms with Crippen molar-refractivity contribution in [2.24, 2.45) is 0 Å². The lowest BCUT2D eigenvalue weighted by Crippen LogP contribution is -2.49. The molecule has 2 fully saturated rings. The van der Waals surface area contributed by atoms with Gasteiger partial charge in [0.1, 0.15) is 11.9 Å². The number of piperidine rings is 1. The van der Waals surface area contributed by atoms with Crippen molar-refractivity contribution < 1.29 is 14.3 Å². The van der Waals surface area contributed by atoms with Crippen LogP contribution >= 0.6 is 0 Å². The van der Waals surface area contributed by atoms with E-state index in [0.29, 0.717) is 18.1 Å². The maximum Gasteiger partial charge on any atom is 0.255 e. The molecule has 136 valence electrons. The van der Waals surface area contributed by atoms with Crippen LogP contribution in [0.5, 0.6) is 11.6 Å². The number of fused-ring (bicyclic) bond motifs is 2. The molecule has 0 aromatic carbocycles. The van der Waals surface area contributed by atoms with Crippen LogP contribution < -0.4 is 9.47 Å². The summed E-state index contributed by atoms with van der Waals surface area (Å²) in [6.07, 6.45) is 9.06. The normalized spacial score (nSPS) is 24.3. The minimum Gasteiger partial charge on any atom is -0.490 e. The third-order valence-electron chi connectivity index (χ3n) is 5.15. The molecule has 2 atom stereocenters. The zero-order valence-corrected chi connectivity index (χ0v) is 14.9. The highest BCUT2D eigenvalue weighted by Gasteiger charge is 2.44. The average Bonchev–Trinajstić information content (AvgIpc) is 2.93. The highest BCUT2D eigenvalue weighted by molar-refractivity contribution is 5.94. The summed E-state index contributed by atoms with van der Waals surface area (Å²) in [5.74, 6) is 1.46. The Morgan fingerprint density at radius 2 is 1.88 bits per heavy atom. The molecule has 2 aliphatic rings. The molecule has 26 heavy (non-hydrogen) atoms. The minimum atomic E-state index is 0.0652. The Balaban J connectivity index is 1.43. The quantitative estimate of drug-likeness (QED) is 0.826. The predicted molar refractivity (Wildman–Crippen MR) is 96.3 cm³/mol. The van der Waals surface area contributed by atoms with Gasteiger partial charge < -0.3 is 14.4 Å². The molecule has 0 aliphatic carbocycles. The predicted octanol–water partition coefficient (Wildman–Crippen LogP) is 3.09. The number of rotatable bonds is 5. The van der Waals surface area contributed by atoms with Gasteiger partial charge in [-0.3, -0.25) is 9.78 Å². The van der Waals surface area contributed by atoms with Crippen LogP contribution in [0.4, 0.5) is 0 Å². The summed E-state index contributed by atoms with van der Waals surface area (Å²) in [4.78, 5) is 23.3. The molecule has 1 amide bonds. The van der Waals surface area contributed by atoms with Gasteiger partial charge in [0.15, 0.2) is 0 Å². The van der Waals surface area contributed by atoms with Crippen molar-refractivity contribution >= 4 is 5.91 Å². The number of amides is 1. The van der Waals surface area contributed by atoms with Crippen molar-refractivity contribution in [2.75, 3.05) is 6.61 Å². The second kappa shape index (κ2) is 7.32. The number of pyridine rings is 2. The van der Waals surface area contributed by atoms with E-state index in [0.717, 1.165) is 31.4 Å². The van der Waals surface area contributed by atoms with Crippen LogP contribution in [0.3, 0.4) is 0 Å². The van der Waals surface area contributed by atoms with E-state index in [2.05, 4.69) is 9.97 Å². The van der Waals surface area contributed by atoms with E-state index in [1.165, 1.54) is 0 Å². The molecule has 6 nitrogen and oxygen atoms in total. The number of ether oxygens (including phenoxy) is 2. The molecule has 2 unspecified atom stereocenters. The van der Waals surface area contributed by atoms with Gasteiger partial charge in [0, 0.05) is 49.6 Å². The fraction of sp³-hybridized carbons (Fsp3) is 0.450. The fourth-order valence-corrected chi connectivity index (χ4v) is 4.05. The van der Waals surface area contributed by atoms with Crippen molar-refractivity contribution in [1.29, 1.82) is 0 Å². The smallest absolute Gasteiger partial charge is 0.255 e. The summed E-state index contributed by atoms with van der Waals surface area (Å²) < 4.78 is 11.5. The first-order valence-electron chi connectivity index (χ1n) is 9.22. The van der Waals surface area contributed by atoms with Gasteiger partial charge in [-0.15, -0.1) is 0 Å². The third kappa shape index (κ3) is 3.36. The Labute approximate surface area is 153 Å². The Bertz CT molecular complexity index is 737. The number of carbonyl (C=O) groups excluding carboxylic acids is 1. The molecule has 2 saturated heterocycles. The minimum absolute atomic E-state index is 0.0652. The molecule has 2 aromatic heterocycles. The van der Waals surface area contributed by atoms with Crippen LogP contribution in [-0.2, 0) is 0 Å². The maximum absolute atomic E-state index is 13.0. The Kier molecular flexibility index (Phi) is 4.73. The SMILES string of the molecule is CCOc1ccc(C(=O)N2C3CCC2CC(Oc2ccncc2)C3)cn1. The van der Waals surface area contributed by atoms with Crippen LogP contribution in [0.15, 0.2) is 42.9 Å². The number of nitrogens with zero attached hydrogens (tertiary/aromatic N) is 3. The number of aromatic nitrogens is 2. The van der Waals surface area contributed by atoms with E-state index in [1.807, 2.05) is 24.0 Å². The topological polar surface area (TPSA) is 64.5 Å². The van der Waals surface area contributed by atoms with Crippen molar-refractivity contribution in [1.82, 2.24) is 14.9 Å². The first-order valence-corrected chi connectivity index (χ1v) is 9.22. The van der Waals surface area contributed by atoms with Gasteiger partial charge in [-0.1, -0.05) is 0 Å². The zero-order chi connectivity index (χ0) is 17.9.